The third-order valence-electron chi connectivity index (χ3n) is 16.5. The van der Waals surface area contributed by atoms with Gasteiger partial charge in [-0.15, -0.1) is 29.7 Å². The molecule has 4 aliphatic rings. The second-order valence-corrected chi connectivity index (χ2v) is 21.8. The molecule has 5 nitrogen and oxygen atoms in total. The Morgan fingerprint density at radius 2 is 1.05 bits per heavy atom. The molecule has 78 heavy (non-hydrogen) atoms. The quantitative estimate of drug-likeness (QED) is 0.127. The van der Waals surface area contributed by atoms with E-state index in [2.05, 4.69) is 253 Å². The zero-order valence-electron chi connectivity index (χ0n) is 43.0. The molecule has 4 heterocycles. The fourth-order valence-corrected chi connectivity index (χ4v) is 13.0. The van der Waals surface area contributed by atoms with Crippen molar-refractivity contribution in [2.75, 3.05) is 0 Å². The Labute approximate surface area is 467 Å². The molecule has 3 aromatic heterocycles. The third kappa shape index (κ3) is 6.97. The predicted molar refractivity (Wildman–Crippen MR) is 309 cm³/mol. The van der Waals surface area contributed by atoms with Crippen molar-refractivity contribution >= 4 is 32.8 Å². The van der Waals surface area contributed by atoms with Crippen molar-refractivity contribution in [3.05, 3.63) is 282 Å². The van der Waals surface area contributed by atoms with Crippen molar-refractivity contribution in [3.63, 3.8) is 0 Å². The van der Waals surface area contributed by atoms with Gasteiger partial charge in [-0.2, -0.15) is 18.2 Å². The number of hydrogen-bond donors (Lipinski definition) is 0. The van der Waals surface area contributed by atoms with Crippen LogP contribution in [0.5, 0.6) is 11.5 Å². The van der Waals surface area contributed by atoms with E-state index in [4.69, 9.17) is 9.72 Å². The summed E-state index contributed by atoms with van der Waals surface area (Å²) in [5, 5.41) is 2.22. The molecule has 0 fully saturated rings. The summed E-state index contributed by atoms with van der Waals surface area (Å²) in [6.45, 7) is 6.70. The Morgan fingerprint density at radius 1 is 0.474 bits per heavy atom. The number of rotatable bonds is 5. The molecule has 3 aliphatic carbocycles. The topological polar surface area (TPSA) is 35.9 Å². The first-order valence-corrected chi connectivity index (χ1v) is 26.6. The van der Waals surface area contributed by atoms with Crippen LogP contribution in [0.3, 0.4) is 0 Å². The van der Waals surface area contributed by atoms with Gasteiger partial charge in [0.25, 0.3) is 6.33 Å². The fraction of sp³-hybridized carbons (Fsp3) is 0.0833. The van der Waals surface area contributed by atoms with Gasteiger partial charge in [-0.1, -0.05) is 184 Å². The molecule has 10 aromatic carbocycles. The molecule has 6 heteroatoms. The summed E-state index contributed by atoms with van der Waals surface area (Å²) < 4.78 is 13.4. The van der Waals surface area contributed by atoms with Crippen molar-refractivity contribution in [3.8, 4) is 73.2 Å². The van der Waals surface area contributed by atoms with Gasteiger partial charge in [0.2, 0.25) is 0 Å². The van der Waals surface area contributed by atoms with Gasteiger partial charge in [-0.25, -0.2) is 4.98 Å². The largest absolute Gasteiger partial charge is 0.510 e. The van der Waals surface area contributed by atoms with Crippen molar-refractivity contribution in [1.29, 1.82) is 0 Å². The van der Waals surface area contributed by atoms with Crippen molar-refractivity contribution < 1.29 is 30.4 Å². The van der Waals surface area contributed by atoms with Crippen LogP contribution < -0.4 is 9.30 Å². The predicted octanol–water partition coefficient (Wildman–Crippen LogP) is 16.9. The Morgan fingerprint density at radius 3 is 1.78 bits per heavy atom. The molecule has 17 rings (SSSR count). The van der Waals surface area contributed by atoms with Crippen molar-refractivity contribution in [1.82, 2.24) is 14.1 Å². The maximum Gasteiger partial charge on any atom is 0.268 e. The summed E-state index contributed by atoms with van der Waals surface area (Å²) in [7, 11) is 0. The zero-order valence-corrected chi connectivity index (χ0v) is 45.3. The maximum atomic E-state index is 6.78. The SMILES string of the molecule is CC(C)(C)c1ccnc(-n2c3[c-]c(Oc4[c-]c(-n5[c-][n+]6c7c(cccc75)-c5ccccc5-c5ccccc5-c5ccc(-c7ccc8c(c7)C7c9ccccc9C8c8ccccc87)cc5-6)ccc4)ccc3c3ccccc32)c1.[Pt]. The van der Waals surface area contributed by atoms with Gasteiger partial charge in [0.05, 0.1) is 16.7 Å². The maximum absolute atomic E-state index is 6.78. The van der Waals surface area contributed by atoms with Crippen LogP contribution in [-0.2, 0) is 26.5 Å². The number of nitrogens with zero attached hydrogens (tertiary/aromatic N) is 4. The average molecular weight is 1180 g/mol. The molecule has 0 spiro atoms. The van der Waals surface area contributed by atoms with Gasteiger partial charge < -0.3 is 13.9 Å². The Bertz CT molecular complexity index is 4580. The summed E-state index contributed by atoms with van der Waals surface area (Å²) in [5.41, 5.74) is 24.8. The number of imidazole rings is 1. The van der Waals surface area contributed by atoms with E-state index in [-0.39, 0.29) is 38.3 Å². The van der Waals surface area contributed by atoms with E-state index < -0.39 is 0 Å². The number of fused-ring (bicyclic) bond motifs is 10. The molecule has 1 aliphatic heterocycles. The average Bonchev–Trinajstić information content (AvgIpc) is 3.94. The minimum atomic E-state index is -0.0408. The third-order valence-corrected chi connectivity index (χ3v) is 16.5. The van der Waals surface area contributed by atoms with Crippen LogP contribution in [-0.4, -0.2) is 14.1 Å². The van der Waals surface area contributed by atoms with E-state index in [1.54, 1.807) is 0 Å². The molecule has 374 valence electrons. The van der Waals surface area contributed by atoms with Crippen LogP contribution in [0.1, 0.15) is 71.6 Å². The summed E-state index contributed by atoms with van der Waals surface area (Å²) >= 11 is 0. The summed E-state index contributed by atoms with van der Waals surface area (Å²) in [6.07, 6.45) is 5.84. The van der Waals surface area contributed by atoms with Crippen LogP contribution in [0.2, 0.25) is 0 Å². The standard InChI is InChI=1S/C72H48N4O.Pt/c1-72(2,3)46-36-37-73-68(40-46)76-64-28-13-12-22-54(64)56-35-32-49(42-67(56)76)77-48-17-14-16-47(41-48)74-43-75-66-39-45(44-31-34-61-63(38-44)70-59-25-10-8-23-57(59)69(61)58-24-9-11-26-60(58)70)30-33-55(66)52-20-6-4-18-50(52)51-19-5-7-21-53(51)62-27-15-29-65(74)71(62)75;/h4-40,69-70H,1-3H3;/q-2;. The van der Waals surface area contributed by atoms with Crippen LogP contribution in [0, 0.1) is 18.5 Å². The number of ether oxygens (including phenoxy) is 1. The minimum absolute atomic E-state index is 0. The smallest absolute Gasteiger partial charge is 0.268 e. The van der Waals surface area contributed by atoms with E-state index in [0.717, 1.165) is 72.3 Å². The van der Waals surface area contributed by atoms with E-state index in [1.807, 2.05) is 24.4 Å². The molecule has 0 radical (unpaired) electrons. The van der Waals surface area contributed by atoms with Gasteiger partial charge in [0, 0.05) is 56.1 Å². The molecule has 0 saturated heterocycles. The molecule has 2 bridgehead atoms. The Balaban J connectivity index is 0.00000529. The molecule has 13 aromatic rings. The molecule has 0 amide bonds. The van der Waals surface area contributed by atoms with E-state index in [1.165, 1.54) is 61.2 Å². The molecule has 0 atom stereocenters. The monoisotopic (exact) mass is 1180 g/mol. The van der Waals surface area contributed by atoms with Gasteiger partial charge in [0.15, 0.2) is 0 Å². The molecule has 0 unspecified atom stereocenters. The number of para-hydroxylation sites is 2. The molecule has 0 N–H and O–H groups in total. The van der Waals surface area contributed by atoms with Gasteiger partial charge in [0.1, 0.15) is 5.82 Å². The van der Waals surface area contributed by atoms with Crippen LogP contribution >= 0.6 is 0 Å². The first-order valence-electron chi connectivity index (χ1n) is 26.6. The van der Waals surface area contributed by atoms with E-state index in [0.29, 0.717) is 11.5 Å². The Kier molecular flexibility index (Phi) is 10.5. The summed E-state index contributed by atoms with van der Waals surface area (Å²) in [4.78, 5) is 4.90. The Hall–Kier alpha value is -8.89. The van der Waals surface area contributed by atoms with E-state index >= 15 is 0 Å². The number of hydrogen-bond acceptors (Lipinski definition) is 2. The van der Waals surface area contributed by atoms with Crippen LogP contribution in [0.4, 0.5) is 0 Å². The van der Waals surface area contributed by atoms with Gasteiger partial charge >= 0.3 is 0 Å². The van der Waals surface area contributed by atoms with Crippen molar-refractivity contribution in [2.24, 2.45) is 0 Å². The summed E-state index contributed by atoms with van der Waals surface area (Å²) in [6, 6.07) is 87.0. The molecular formula is C72H48N4OPt-2. The number of pyridine rings is 1. The second kappa shape index (κ2) is 17.6. The minimum Gasteiger partial charge on any atom is -0.510 e. The normalized spacial score (nSPS) is 14.5. The second-order valence-electron chi connectivity index (χ2n) is 21.8. The molecule has 0 saturated carbocycles. The molecular weight excluding hydrogens is 1130 g/mol. The van der Waals surface area contributed by atoms with Crippen molar-refractivity contribution in [2.45, 2.75) is 38.0 Å². The summed E-state index contributed by atoms with van der Waals surface area (Å²) in [5.74, 6) is 2.41. The van der Waals surface area contributed by atoms with E-state index in [9.17, 15) is 0 Å². The van der Waals surface area contributed by atoms with Gasteiger partial charge in [-0.05, 0) is 130 Å². The fourth-order valence-electron chi connectivity index (χ4n) is 13.0. The number of aromatic nitrogens is 4. The first-order chi connectivity index (χ1) is 37.8. The first kappa shape index (κ1) is 46.4. The van der Waals surface area contributed by atoms with Crippen LogP contribution in [0.25, 0.3) is 94.5 Å². The van der Waals surface area contributed by atoms with Crippen LogP contribution in [0.15, 0.2) is 225 Å². The van der Waals surface area contributed by atoms with Gasteiger partial charge in [-0.3, -0.25) is 4.57 Å². The number of benzene rings is 10. The zero-order chi connectivity index (χ0) is 51.1.